The predicted molar refractivity (Wildman–Crippen MR) is 104 cm³/mol. The monoisotopic (exact) mass is 344 g/mol. The molecule has 3 aromatic heterocycles. The molecule has 0 saturated carbocycles. The van der Waals surface area contributed by atoms with Crippen LogP contribution in [0, 0.1) is 0 Å². The summed E-state index contributed by atoms with van der Waals surface area (Å²) in [6, 6.07) is 16.4. The molecule has 0 amide bonds. The summed E-state index contributed by atoms with van der Waals surface area (Å²) in [7, 11) is 0. The van der Waals surface area contributed by atoms with E-state index in [1.807, 2.05) is 48.6 Å². The van der Waals surface area contributed by atoms with Crippen molar-refractivity contribution in [3.63, 3.8) is 0 Å². The maximum absolute atomic E-state index is 6.00. The fourth-order valence-electron chi connectivity index (χ4n) is 2.94. The van der Waals surface area contributed by atoms with Gasteiger partial charge in [-0.25, -0.2) is 9.97 Å². The molecule has 4 N–H and O–H groups in total. The van der Waals surface area contributed by atoms with Gasteiger partial charge in [0.05, 0.1) is 22.8 Å². The van der Waals surface area contributed by atoms with E-state index in [0.29, 0.717) is 0 Å². The van der Waals surface area contributed by atoms with Gasteiger partial charge in [0.2, 0.25) is 0 Å². The van der Waals surface area contributed by atoms with Crippen molar-refractivity contribution in [2.75, 3.05) is 0 Å². The summed E-state index contributed by atoms with van der Waals surface area (Å²) in [6.07, 6.45) is 8.09. The molecule has 2 aliphatic heterocycles. The molecule has 0 fully saturated rings. The fraction of sp³-hybridized carbons (Fsp3) is 0. The predicted octanol–water partition coefficient (Wildman–Crippen LogP) is 4.67. The number of rotatable bonds is 0. The van der Waals surface area contributed by atoms with Crippen molar-refractivity contribution in [3.05, 3.63) is 71.3 Å². The van der Waals surface area contributed by atoms with Crippen LogP contribution < -0.4 is 0 Å². The second kappa shape index (κ2) is 6.79. The number of aromatic nitrogens is 4. The summed E-state index contributed by atoms with van der Waals surface area (Å²) in [5.41, 5.74) is 7.86. The Kier molecular flexibility index (Phi) is 4.18. The van der Waals surface area contributed by atoms with Gasteiger partial charge in [-0.2, -0.15) is 0 Å². The topological polar surface area (TPSA) is 97.8 Å². The largest absolute Gasteiger partial charge is 0.355 e. The number of H-pyrrole nitrogens is 2. The highest BCUT2D eigenvalue weighted by atomic mass is 17.0. The van der Waals surface area contributed by atoms with Crippen LogP contribution >= 0.6 is 0 Å². The van der Waals surface area contributed by atoms with Crippen molar-refractivity contribution < 1.29 is 10.5 Å². The third kappa shape index (κ3) is 3.32. The van der Waals surface area contributed by atoms with Crippen LogP contribution in [-0.4, -0.2) is 30.5 Å². The van der Waals surface area contributed by atoms with E-state index in [4.69, 9.17) is 10.5 Å². The highest BCUT2D eigenvalue weighted by Crippen LogP contribution is 2.16. The van der Waals surface area contributed by atoms with Crippen LogP contribution in [0.1, 0.15) is 22.8 Å². The normalized spacial score (nSPS) is 11.9. The lowest BCUT2D eigenvalue weighted by molar-refractivity contribution is -0.176. The Labute approximate surface area is 148 Å². The number of fused-ring (bicyclic) bond motifs is 8. The lowest BCUT2D eigenvalue weighted by Crippen LogP contribution is -1.75. The maximum atomic E-state index is 6.00. The summed E-state index contributed by atoms with van der Waals surface area (Å²) in [5.74, 6) is 0. The Hall–Kier alpha value is -3.48. The first-order chi connectivity index (χ1) is 12.8. The SMILES string of the molecule is C1=Cc2cc3ccc(cc4nc(cc5ccc(cc1n2)[nH]5)C=C4)[nH]3.OO. The molecule has 0 aliphatic carbocycles. The first-order valence-corrected chi connectivity index (χ1v) is 8.05. The van der Waals surface area contributed by atoms with Gasteiger partial charge in [-0.3, -0.25) is 10.5 Å². The van der Waals surface area contributed by atoms with Crippen molar-refractivity contribution in [1.29, 1.82) is 0 Å². The Bertz CT molecular complexity index is 994. The van der Waals surface area contributed by atoms with Crippen LogP contribution in [0.5, 0.6) is 0 Å². The molecule has 6 nitrogen and oxygen atoms in total. The van der Waals surface area contributed by atoms with Gasteiger partial charge in [-0.05, 0) is 72.8 Å². The zero-order valence-electron chi connectivity index (χ0n) is 13.7. The molecule has 0 atom stereocenters. The molecule has 6 heteroatoms. The van der Waals surface area contributed by atoms with Gasteiger partial charge in [0.25, 0.3) is 0 Å². The van der Waals surface area contributed by atoms with Crippen LogP contribution in [0.4, 0.5) is 0 Å². The molecule has 26 heavy (non-hydrogen) atoms. The van der Waals surface area contributed by atoms with Crippen molar-refractivity contribution in [3.8, 4) is 0 Å². The summed E-state index contributed by atoms with van der Waals surface area (Å²) < 4.78 is 0. The average molecular weight is 344 g/mol. The van der Waals surface area contributed by atoms with Gasteiger partial charge in [-0.1, -0.05) is 0 Å². The van der Waals surface area contributed by atoms with E-state index in [0.717, 1.165) is 44.8 Å². The molecule has 0 unspecified atom stereocenters. The zero-order valence-corrected chi connectivity index (χ0v) is 13.7. The minimum absolute atomic E-state index is 0.939. The van der Waals surface area contributed by atoms with Gasteiger partial charge >= 0.3 is 0 Å². The van der Waals surface area contributed by atoms with Crippen LogP contribution in [0.15, 0.2) is 48.5 Å². The van der Waals surface area contributed by atoms with Crippen molar-refractivity contribution in [1.82, 2.24) is 19.9 Å². The Balaban J connectivity index is 0.000000814. The molecular formula is C20H16N4O2. The van der Waals surface area contributed by atoms with E-state index >= 15 is 0 Å². The number of nitrogens with one attached hydrogen (secondary N) is 2. The van der Waals surface area contributed by atoms with E-state index in [1.54, 1.807) is 0 Å². The minimum Gasteiger partial charge on any atom is -0.355 e. The van der Waals surface area contributed by atoms with E-state index in [-0.39, 0.29) is 0 Å². The molecule has 0 aromatic carbocycles. The van der Waals surface area contributed by atoms with E-state index in [2.05, 4.69) is 44.2 Å². The molecule has 0 saturated heterocycles. The first kappa shape index (κ1) is 16.0. The van der Waals surface area contributed by atoms with Crippen molar-refractivity contribution in [2.45, 2.75) is 0 Å². The summed E-state index contributed by atoms with van der Waals surface area (Å²) in [5, 5.41) is 12.0. The van der Waals surface area contributed by atoms with Crippen LogP contribution in [-0.2, 0) is 0 Å². The quantitative estimate of drug-likeness (QED) is 0.242. The first-order valence-electron chi connectivity index (χ1n) is 8.05. The van der Waals surface area contributed by atoms with Gasteiger partial charge in [-0.15, -0.1) is 0 Å². The summed E-state index contributed by atoms with van der Waals surface area (Å²) in [6.45, 7) is 0. The molecule has 128 valence electrons. The van der Waals surface area contributed by atoms with Crippen LogP contribution in [0.25, 0.3) is 46.4 Å². The van der Waals surface area contributed by atoms with Crippen molar-refractivity contribution >= 4 is 46.4 Å². The van der Waals surface area contributed by atoms with Crippen LogP contribution in [0.2, 0.25) is 0 Å². The van der Waals surface area contributed by atoms with Gasteiger partial charge in [0, 0.05) is 22.1 Å². The van der Waals surface area contributed by atoms with Gasteiger partial charge in [0.1, 0.15) is 0 Å². The van der Waals surface area contributed by atoms with Gasteiger partial charge in [0.15, 0.2) is 0 Å². The Morgan fingerprint density at radius 3 is 1.04 bits per heavy atom. The summed E-state index contributed by atoms with van der Waals surface area (Å²) in [4.78, 5) is 16.0. The van der Waals surface area contributed by atoms with Crippen molar-refractivity contribution in [2.24, 2.45) is 0 Å². The Morgan fingerprint density at radius 1 is 0.500 bits per heavy atom. The number of hydrogen-bond donors (Lipinski definition) is 4. The average Bonchev–Trinajstić information content (AvgIpc) is 3.42. The van der Waals surface area contributed by atoms with E-state index in [9.17, 15) is 0 Å². The van der Waals surface area contributed by atoms with E-state index < -0.39 is 0 Å². The third-order valence-electron chi connectivity index (χ3n) is 4.04. The Morgan fingerprint density at radius 2 is 0.769 bits per heavy atom. The molecule has 5 heterocycles. The maximum Gasteiger partial charge on any atom is 0.0658 e. The highest BCUT2D eigenvalue weighted by molar-refractivity contribution is 5.77. The van der Waals surface area contributed by atoms with Gasteiger partial charge < -0.3 is 9.97 Å². The molecule has 3 aromatic rings. The standard InChI is InChI=1S/C20H14N4.H2O2/c1-2-14-10-16-5-6-18(23-16)12-20-8-7-19(24-20)11-17-4-3-15(22-17)9-13(1)21-14;1-2/h1-12,21,24H;1-2H. The molecule has 0 spiro atoms. The van der Waals surface area contributed by atoms with E-state index in [1.165, 1.54) is 0 Å². The summed E-state index contributed by atoms with van der Waals surface area (Å²) >= 11 is 0. The second-order valence-corrected chi connectivity index (χ2v) is 5.91. The fourth-order valence-corrected chi connectivity index (χ4v) is 2.94. The molecule has 8 bridgehead atoms. The third-order valence-corrected chi connectivity index (χ3v) is 4.04. The number of hydrogen-bond acceptors (Lipinski definition) is 4. The van der Waals surface area contributed by atoms with Crippen LogP contribution in [0.3, 0.4) is 0 Å². The minimum atomic E-state index is 0.939. The lowest BCUT2D eigenvalue weighted by Gasteiger charge is -1.85. The molecule has 2 aliphatic rings. The lowest BCUT2D eigenvalue weighted by atomic mass is 10.3. The number of aromatic amines is 2. The highest BCUT2D eigenvalue weighted by Gasteiger charge is 2.00. The zero-order chi connectivity index (χ0) is 17.9. The number of nitrogens with zero attached hydrogens (tertiary/aromatic N) is 2. The molecule has 5 rings (SSSR count). The smallest absolute Gasteiger partial charge is 0.0658 e. The molecular weight excluding hydrogens is 328 g/mol. The molecule has 0 radical (unpaired) electrons. The second-order valence-electron chi connectivity index (χ2n) is 5.91.